The first kappa shape index (κ1) is 13.5. The maximum absolute atomic E-state index is 4.43. The van der Waals surface area contributed by atoms with Crippen LogP contribution in [0, 0.1) is 6.92 Å². The molecule has 6 nitrogen and oxygen atoms in total. The molecule has 0 unspecified atom stereocenters. The maximum Gasteiger partial charge on any atom is 0.176 e. The lowest BCUT2D eigenvalue weighted by Crippen LogP contribution is -2.08. The molecule has 0 saturated heterocycles. The predicted octanol–water partition coefficient (Wildman–Crippen LogP) is 2.84. The van der Waals surface area contributed by atoms with Gasteiger partial charge >= 0.3 is 0 Å². The number of pyridine rings is 2. The molecule has 114 valence electrons. The summed E-state index contributed by atoms with van der Waals surface area (Å²) in [5.74, 6) is 0.780. The van der Waals surface area contributed by atoms with Crippen LogP contribution in [0.5, 0.6) is 0 Å². The van der Waals surface area contributed by atoms with Gasteiger partial charge in [0.25, 0.3) is 0 Å². The topological polar surface area (TPSA) is 60.0 Å². The summed E-state index contributed by atoms with van der Waals surface area (Å²) in [6.07, 6.45) is 9.37. The van der Waals surface area contributed by atoms with E-state index in [0.717, 1.165) is 22.8 Å². The van der Waals surface area contributed by atoms with E-state index in [1.54, 1.807) is 17.1 Å². The zero-order valence-corrected chi connectivity index (χ0v) is 12.7. The van der Waals surface area contributed by atoms with E-state index in [1.165, 1.54) is 5.56 Å². The smallest absolute Gasteiger partial charge is 0.176 e. The average molecular weight is 304 g/mol. The average Bonchev–Trinajstić information content (AvgIpc) is 3.23. The van der Waals surface area contributed by atoms with Crippen molar-refractivity contribution in [1.29, 1.82) is 0 Å². The SMILES string of the molecule is Cc1ccc2ncc(CNc3cccnc3-n3cccn3)n2c1. The molecule has 23 heavy (non-hydrogen) atoms. The number of imidazole rings is 1. The Labute approximate surface area is 133 Å². The van der Waals surface area contributed by atoms with Gasteiger partial charge in [-0.1, -0.05) is 6.07 Å². The van der Waals surface area contributed by atoms with Gasteiger partial charge in [-0.05, 0) is 36.8 Å². The van der Waals surface area contributed by atoms with Crippen molar-refractivity contribution in [2.45, 2.75) is 13.5 Å². The van der Waals surface area contributed by atoms with Gasteiger partial charge in [-0.2, -0.15) is 5.10 Å². The molecule has 0 bridgehead atoms. The highest BCUT2D eigenvalue weighted by atomic mass is 15.3. The predicted molar refractivity (Wildman–Crippen MR) is 88.6 cm³/mol. The lowest BCUT2D eigenvalue weighted by molar-refractivity contribution is 0.845. The van der Waals surface area contributed by atoms with Gasteiger partial charge in [0.05, 0.1) is 24.1 Å². The van der Waals surface area contributed by atoms with Gasteiger partial charge in [-0.25, -0.2) is 14.6 Å². The highest BCUT2D eigenvalue weighted by Gasteiger charge is 2.08. The molecule has 0 aliphatic heterocycles. The summed E-state index contributed by atoms with van der Waals surface area (Å²) in [5, 5.41) is 7.68. The second-order valence-corrected chi connectivity index (χ2v) is 5.36. The number of hydrogen-bond donors (Lipinski definition) is 1. The van der Waals surface area contributed by atoms with Crippen LogP contribution < -0.4 is 5.32 Å². The molecule has 0 amide bonds. The number of aryl methyl sites for hydroxylation is 1. The largest absolute Gasteiger partial charge is 0.376 e. The number of hydrogen-bond acceptors (Lipinski definition) is 4. The molecule has 0 saturated carbocycles. The Hall–Kier alpha value is -3.15. The highest BCUT2D eigenvalue weighted by molar-refractivity contribution is 5.56. The van der Waals surface area contributed by atoms with Crippen molar-refractivity contribution < 1.29 is 0 Å². The first-order valence-corrected chi connectivity index (χ1v) is 7.43. The molecule has 0 spiro atoms. The number of anilines is 1. The lowest BCUT2D eigenvalue weighted by atomic mass is 10.3. The highest BCUT2D eigenvalue weighted by Crippen LogP contribution is 2.18. The molecule has 4 heterocycles. The van der Waals surface area contributed by atoms with E-state index in [2.05, 4.69) is 44.0 Å². The van der Waals surface area contributed by atoms with E-state index < -0.39 is 0 Å². The molecule has 1 N–H and O–H groups in total. The number of nitrogens with zero attached hydrogens (tertiary/aromatic N) is 5. The quantitative estimate of drug-likeness (QED) is 0.630. The van der Waals surface area contributed by atoms with Crippen LogP contribution in [0.1, 0.15) is 11.3 Å². The lowest BCUT2D eigenvalue weighted by Gasteiger charge is -2.11. The molecule has 4 aromatic heterocycles. The van der Waals surface area contributed by atoms with Gasteiger partial charge in [0, 0.05) is 24.8 Å². The minimum atomic E-state index is 0.657. The van der Waals surface area contributed by atoms with E-state index in [0.29, 0.717) is 6.54 Å². The third kappa shape index (κ3) is 2.55. The van der Waals surface area contributed by atoms with Crippen LogP contribution in [0.15, 0.2) is 61.3 Å². The Balaban J connectivity index is 1.63. The number of rotatable bonds is 4. The zero-order chi connectivity index (χ0) is 15.6. The summed E-state index contributed by atoms with van der Waals surface area (Å²) in [5.41, 5.74) is 4.18. The van der Waals surface area contributed by atoms with Crippen molar-refractivity contribution in [3.8, 4) is 5.82 Å². The van der Waals surface area contributed by atoms with E-state index in [-0.39, 0.29) is 0 Å². The van der Waals surface area contributed by atoms with Crippen LogP contribution in [0.25, 0.3) is 11.5 Å². The summed E-state index contributed by atoms with van der Waals surface area (Å²) in [4.78, 5) is 8.85. The second-order valence-electron chi connectivity index (χ2n) is 5.36. The molecule has 0 fully saturated rings. The third-order valence-corrected chi connectivity index (χ3v) is 3.70. The number of fused-ring (bicyclic) bond motifs is 1. The summed E-state index contributed by atoms with van der Waals surface area (Å²) in [6, 6.07) is 9.88. The van der Waals surface area contributed by atoms with Gasteiger partial charge in [0.1, 0.15) is 5.65 Å². The standard InChI is InChI=1S/C17H16N6/c1-13-5-6-16-20-11-14(22(16)12-13)10-19-15-4-2-7-18-17(15)23-9-3-8-21-23/h2-9,11-12,19H,10H2,1H3. The van der Waals surface area contributed by atoms with Crippen LogP contribution >= 0.6 is 0 Å². The van der Waals surface area contributed by atoms with Crippen LogP contribution in [0.3, 0.4) is 0 Å². The fourth-order valence-corrected chi connectivity index (χ4v) is 2.57. The summed E-state index contributed by atoms with van der Waals surface area (Å²) >= 11 is 0. The van der Waals surface area contributed by atoms with Crippen LogP contribution in [0.2, 0.25) is 0 Å². The van der Waals surface area contributed by atoms with Crippen LogP contribution in [-0.2, 0) is 6.54 Å². The van der Waals surface area contributed by atoms with Gasteiger partial charge in [-0.15, -0.1) is 0 Å². The first-order chi connectivity index (χ1) is 11.3. The number of aromatic nitrogens is 5. The van der Waals surface area contributed by atoms with Crippen molar-refractivity contribution in [1.82, 2.24) is 24.1 Å². The van der Waals surface area contributed by atoms with Crippen molar-refractivity contribution in [2.75, 3.05) is 5.32 Å². The summed E-state index contributed by atoms with van der Waals surface area (Å²) in [6.45, 7) is 2.73. The van der Waals surface area contributed by atoms with Crippen LogP contribution in [-0.4, -0.2) is 24.1 Å². The second kappa shape index (κ2) is 5.57. The number of nitrogens with one attached hydrogen (secondary N) is 1. The fraction of sp³-hybridized carbons (Fsp3) is 0.118. The van der Waals surface area contributed by atoms with Crippen LogP contribution in [0.4, 0.5) is 5.69 Å². The van der Waals surface area contributed by atoms with Gasteiger partial charge in [0.15, 0.2) is 5.82 Å². The molecule has 4 rings (SSSR count). The Morgan fingerprint density at radius 3 is 2.91 bits per heavy atom. The van der Waals surface area contributed by atoms with Crippen molar-refractivity contribution in [3.63, 3.8) is 0 Å². The molecule has 0 aliphatic carbocycles. The monoisotopic (exact) mass is 304 g/mol. The Morgan fingerprint density at radius 1 is 1.09 bits per heavy atom. The fourth-order valence-electron chi connectivity index (χ4n) is 2.57. The zero-order valence-electron chi connectivity index (χ0n) is 12.7. The van der Waals surface area contributed by atoms with Crippen molar-refractivity contribution in [2.24, 2.45) is 0 Å². The molecule has 0 aromatic carbocycles. The molecule has 0 radical (unpaired) electrons. The van der Waals surface area contributed by atoms with Crippen molar-refractivity contribution in [3.05, 3.63) is 72.6 Å². The summed E-state index contributed by atoms with van der Waals surface area (Å²) < 4.78 is 3.85. The molecule has 6 heteroatoms. The van der Waals surface area contributed by atoms with E-state index in [9.17, 15) is 0 Å². The Bertz CT molecular complexity index is 939. The normalized spacial score (nSPS) is 11.0. The minimum absolute atomic E-state index is 0.657. The van der Waals surface area contributed by atoms with Gasteiger partial charge in [-0.3, -0.25) is 0 Å². The van der Waals surface area contributed by atoms with Gasteiger partial charge in [0.2, 0.25) is 0 Å². The minimum Gasteiger partial charge on any atom is -0.376 e. The Kier molecular flexibility index (Phi) is 3.27. The molecular formula is C17H16N6. The molecule has 0 atom stereocenters. The summed E-state index contributed by atoms with van der Waals surface area (Å²) in [7, 11) is 0. The molecule has 0 aliphatic rings. The molecular weight excluding hydrogens is 288 g/mol. The third-order valence-electron chi connectivity index (χ3n) is 3.70. The van der Waals surface area contributed by atoms with E-state index in [4.69, 9.17) is 0 Å². The van der Waals surface area contributed by atoms with E-state index >= 15 is 0 Å². The van der Waals surface area contributed by atoms with E-state index in [1.807, 2.05) is 36.7 Å². The van der Waals surface area contributed by atoms with Gasteiger partial charge < -0.3 is 9.72 Å². The van der Waals surface area contributed by atoms with Crippen molar-refractivity contribution >= 4 is 11.3 Å². The first-order valence-electron chi connectivity index (χ1n) is 7.43. The maximum atomic E-state index is 4.43. The molecule has 4 aromatic rings. The Morgan fingerprint density at radius 2 is 2.04 bits per heavy atom.